The van der Waals surface area contributed by atoms with Gasteiger partial charge >= 0.3 is 0 Å². The normalized spacial score (nSPS) is 16.0. The van der Waals surface area contributed by atoms with E-state index in [0.29, 0.717) is 16.5 Å². The highest BCUT2D eigenvalue weighted by Crippen LogP contribution is 2.27. The Balaban J connectivity index is 2.25. The predicted molar refractivity (Wildman–Crippen MR) is 86.1 cm³/mol. The molecule has 2 N–H and O–H groups in total. The van der Waals surface area contributed by atoms with Gasteiger partial charge in [0.05, 0.1) is 4.90 Å². The maximum Gasteiger partial charge on any atom is 0.241 e. The van der Waals surface area contributed by atoms with Crippen molar-refractivity contribution >= 4 is 21.6 Å². The van der Waals surface area contributed by atoms with Gasteiger partial charge < -0.3 is 5.32 Å². The average Bonchev–Trinajstić information content (AvgIpc) is 2.38. The van der Waals surface area contributed by atoms with Crippen LogP contribution in [0.15, 0.2) is 17.0 Å². The van der Waals surface area contributed by atoms with Crippen LogP contribution in [0.5, 0.6) is 0 Å². The molecule has 118 valence electrons. The molecule has 0 spiro atoms. The minimum atomic E-state index is -3.49. The van der Waals surface area contributed by atoms with Crippen molar-refractivity contribution in [3.05, 3.63) is 28.3 Å². The van der Waals surface area contributed by atoms with Gasteiger partial charge in [-0.1, -0.05) is 24.9 Å². The summed E-state index contributed by atoms with van der Waals surface area (Å²) in [5, 5.41) is 3.75. The van der Waals surface area contributed by atoms with Crippen molar-refractivity contribution in [2.45, 2.75) is 57.0 Å². The lowest BCUT2D eigenvalue weighted by molar-refractivity contribution is 0.383. The fourth-order valence-electron chi connectivity index (χ4n) is 2.38. The number of halogens is 1. The second-order valence-corrected chi connectivity index (χ2v) is 7.73. The highest BCUT2D eigenvalue weighted by Gasteiger charge is 2.26. The standard InChI is InChI=1S/C15H23ClN2O2S/c1-3-7-17-10-12-8-13(16)9-15(11(12)2)21(19,20)18-14-5-4-6-14/h8-9,14,17-18H,3-7,10H2,1-2H3. The highest BCUT2D eigenvalue weighted by molar-refractivity contribution is 7.89. The number of rotatable bonds is 7. The van der Waals surface area contributed by atoms with Gasteiger partial charge in [-0.15, -0.1) is 0 Å². The van der Waals surface area contributed by atoms with Crippen LogP contribution in [0.2, 0.25) is 5.02 Å². The Morgan fingerprint density at radius 3 is 2.62 bits per heavy atom. The van der Waals surface area contributed by atoms with E-state index >= 15 is 0 Å². The van der Waals surface area contributed by atoms with E-state index in [4.69, 9.17) is 11.6 Å². The van der Waals surface area contributed by atoms with Crippen molar-refractivity contribution in [2.75, 3.05) is 6.54 Å². The van der Waals surface area contributed by atoms with E-state index in [1.807, 2.05) is 13.0 Å². The molecule has 4 nitrogen and oxygen atoms in total. The molecule has 1 fully saturated rings. The molecule has 0 aromatic heterocycles. The first-order valence-corrected chi connectivity index (χ1v) is 9.32. The van der Waals surface area contributed by atoms with Crippen LogP contribution in [0.4, 0.5) is 0 Å². The lowest BCUT2D eigenvalue weighted by Crippen LogP contribution is -2.39. The van der Waals surface area contributed by atoms with Crippen LogP contribution in [-0.4, -0.2) is 21.0 Å². The quantitative estimate of drug-likeness (QED) is 0.756. The van der Waals surface area contributed by atoms with Gasteiger partial charge in [-0.3, -0.25) is 0 Å². The van der Waals surface area contributed by atoms with Crippen molar-refractivity contribution < 1.29 is 8.42 Å². The number of hydrogen-bond acceptors (Lipinski definition) is 3. The molecular weight excluding hydrogens is 308 g/mol. The summed E-state index contributed by atoms with van der Waals surface area (Å²) >= 11 is 6.11. The molecule has 0 bridgehead atoms. The minimum absolute atomic E-state index is 0.0787. The van der Waals surface area contributed by atoms with E-state index in [-0.39, 0.29) is 6.04 Å². The number of hydrogen-bond donors (Lipinski definition) is 2. The first-order valence-electron chi connectivity index (χ1n) is 7.46. The summed E-state index contributed by atoms with van der Waals surface area (Å²) in [7, 11) is -3.49. The molecule has 2 rings (SSSR count). The first kappa shape index (κ1) is 16.7. The topological polar surface area (TPSA) is 58.2 Å². The zero-order chi connectivity index (χ0) is 15.5. The molecule has 1 aliphatic rings. The summed E-state index contributed by atoms with van der Waals surface area (Å²) in [5.74, 6) is 0. The van der Waals surface area contributed by atoms with Gasteiger partial charge in [-0.25, -0.2) is 13.1 Å². The maximum absolute atomic E-state index is 12.5. The fourth-order valence-corrected chi connectivity index (χ4v) is 4.30. The van der Waals surface area contributed by atoms with Gasteiger partial charge in [0, 0.05) is 17.6 Å². The molecule has 1 aliphatic carbocycles. The fraction of sp³-hybridized carbons (Fsp3) is 0.600. The van der Waals surface area contributed by atoms with Crippen molar-refractivity contribution in [1.82, 2.24) is 10.0 Å². The van der Waals surface area contributed by atoms with E-state index in [2.05, 4.69) is 17.0 Å². The van der Waals surface area contributed by atoms with Crippen LogP contribution >= 0.6 is 11.6 Å². The third-order valence-electron chi connectivity index (χ3n) is 3.89. The van der Waals surface area contributed by atoms with E-state index < -0.39 is 10.0 Å². The van der Waals surface area contributed by atoms with Crippen LogP contribution < -0.4 is 10.0 Å². The van der Waals surface area contributed by atoms with Crippen LogP contribution in [0.25, 0.3) is 0 Å². The molecule has 1 aromatic rings. The molecule has 0 amide bonds. The summed E-state index contributed by atoms with van der Waals surface area (Å²) in [6.07, 6.45) is 3.97. The Morgan fingerprint density at radius 1 is 1.33 bits per heavy atom. The number of nitrogens with one attached hydrogen (secondary N) is 2. The van der Waals surface area contributed by atoms with Crippen molar-refractivity contribution in [1.29, 1.82) is 0 Å². The van der Waals surface area contributed by atoms with Gasteiger partial charge in [0.2, 0.25) is 10.0 Å². The van der Waals surface area contributed by atoms with Crippen LogP contribution in [-0.2, 0) is 16.6 Å². The number of sulfonamides is 1. The Bertz CT molecular complexity index is 598. The molecule has 0 radical (unpaired) electrons. The van der Waals surface area contributed by atoms with E-state index in [9.17, 15) is 8.42 Å². The van der Waals surface area contributed by atoms with Gasteiger partial charge in [-0.05, 0) is 56.0 Å². The van der Waals surface area contributed by atoms with Crippen LogP contribution in [0.1, 0.15) is 43.7 Å². The van der Waals surface area contributed by atoms with Gasteiger partial charge in [0.25, 0.3) is 0 Å². The van der Waals surface area contributed by atoms with Crippen LogP contribution in [0.3, 0.4) is 0 Å². The largest absolute Gasteiger partial charge is 0.313 e. The summed E-state index contributed by atoms with van der Waals surface area (Å²) in [5.41, 5.74) is 1.71. The monoisotopic (exact) mass is 330 g/mol. The molecule has 1 saturated carbocycles. The van der Waals surface area contributed by atoms with Crippen molar-refractivity contribution in [3.8, 4) is 0 Å². The third-order valence-corrected chi connectivity index (χ3v) is 5.76. The smallest absolute Gasteiger partial charge is 0.241 e. The Morgan fingerprint density at radius 2 is 2.05 bits per heavy atom. The molecule has 0 aliphatic heterocycles. The molecule has 6 heteroatoms. The summed E-state index contributed by atoms with van der Waals surface area (Å²) < 4.78 is 27.8. The second kappa shape index (κ2) is 7.09. The summed E-state index contributed by atoms with van der Waals surface area (Å²) in [6, 6.07) is 3.46. The Labute approximate surface area is 132 Å². The summed E-state index contributed by atoms with van der Waals surface area (Å²) in [6.45, 7) is 5.46. The minimum Gasteiger partial charge on any atom is -0.313 e. The summed E-state index contributed by atoms with van der Waals surface area (Å²) in [4.78, 5) is 0.301. The van der Waals surface area contributed by atoms with Gasteiger partial charge in [0.15, 0.2) is 0 Å². The number of benzene rings is 1. The van der Waals surface area contributed by atoms with Crippen LogP contribution in [0, 0.1) is 6.92 Å². The molecular formula is C15H23ClN2O2S. The van der Waals surface area contributed by atoms with Crippen molar-refractivity contribution in [3.63, 3.8) is 0 Å². The lowest BCUT2D eigenvalue weighted by atomic mass is 9.94. The lowest BCUT2D eigenvalue weighted by Gasteiger charge is -2.26. The zero-order valence-electron chi connectivity index (χ0n) is 12.6. The molecule has 0 atom stereocenters. The first-order chi connectivity index (χ1) is 9.94. The van der Waals surface area contributed by atoms with Gasteiger partial charge in [-0.2, -0.15) is 0 Å². The Kier molecular flexibility index (Phi) is 5.66. The van der Waals surface area contributed by atoms with E-state index in [0.717, 1.165) is 43.4 Å². The van der Waals surface area contributed by atoms with Crippen molar-refractivity contribution in [2.24, 2.45) is 0 Å². The SMILES string of the molecule is CCCNCc1cc(Cl)cc(S(=O)(=O)NC2CCC2)c1C. The molecule has 1 aromatic carbocycles. The molecule has 0 unspecified atom stereocenters. The second-order valence-electron chi connectivity index (χ2n) is 5.61. The highest BCUT2D eigenvalue weighted by atomic mass is 35.5. The zero-order valence-corrected chi connectivity index (χ0v) is 14.1. The van der Waals surface area contributed by atoms with Gasteiger partial charge in [0.1, 0.15) is 0 Å². The molecule has 21 heavy (non-hydrogen) atoms. The average molecular weight is 331 g/mol. The predicted octanol–water partition coefficient (Wildman–Crippen LogP) is 2.98. The molecule has 0 heterocycles. The molecule has 0 saturated heterocycles. The maximum atomic E-state index is 12.5. The van der Waals surface area contributed by atoms with E-state index in [1.165, 1.54) is 0 Å². The van der Waals surface area contributed by atoms with E-state index in [1.54, 1.807) is 6.07 Å². The third kappa shape index (κ3) is 4.19. The Hall–Kier alpha value is -0.620.